The Morgan fingerprint density at radius 1 is 1.43 bits per heavy atom. The molecule has 1 aliphatic rings. The SMILES string of the molecule is CCNc1cc([N+](=O)[O-])cc(NC2CCC(=O)NC2=O)n1. The van der Waals surface area contributed by atoms with E-state index >= 15 is 0 Å². The number of hydrogen-bond acceptors (Lipinski definition) is 7. The van der Waals surface area contributed by atoms with Crippen molar-refractivity contribution in [1.82, 2.24) is 10.3 Å². The lowest BCUT2D eigenvalue weighted by Crippen LogP contribution is -2.47. The summed E-state index contributed by atoms with van der Waals surface area (Å²) >= 11 is 0. The summed E-state index contributed by atoms with van der Waals surface area (Å²) in [5, 5.41) is 18.8. The van der Waals surface area contributed by atoms with Crippen molar-refractivity contribution in [1.29, 1.82) is 0 Å². The highest BCUT2D eigenvalue weighted by atomic mass is 16.6. The van der Waals surface area contributed by atoms with Gasteiger partial charge in [0, 0.05) is 13.0 Å². The number of carbonyl (C=O) groups is 2. The number of hydrogen-bond donors (Lipinski definition) is 3. The van der Waals surface area contributed by atoms with Crippen molar-refractivity contribution in [3.05, 3.63) is 22.2 Å². The van der Waals surface area contributed by atoms with Gasteiger partial charge >= 0.3 is 0 Å². The molecule has 112 valence electrons. The second-order valence-electron chi connectivity index (χ2n) is 4.53. The van der Waals surface area contributed by atoms with Crippen LogP contribution in [-0.2, 0) is 9.59 Å². The summed E-state index contributed by atoms with van der Waals surface area (Å²) in [6.45, 7) is 2.40. The highest BCUT2D eigenvalue weighted by Crippen LogP contribution is 2.22. The van der Waals surface area contributed by atoms with Gasteiger partial charge < -0.3 is 10.6 Å². The van der Waals surface area contributed by atoms with Crippen LogP contribution in [-0.4, -0.2) is 34.3 Å². The molecule has 0 bridgehead atoms. The number of imide groups is 1. The lowest BCUT2D eigenvalue weighted by atomic mass is 10.1. The van der Waals surface area contributed by atoms with Crippen LogP contribution in [0.5, 0.6) is 0 Å². The summed E-state index contributed by atoms with van der Waals surface area (Å²) in [6.07, 6.45) is 0.546. The number of piperidine rings is 1. The Morgan fingerprint density at radius 3 is 2.76 bits per heavy atom. The van der Waals surface area contributed by atoms with Gasteiger partial charge in [0.2, 0.25) is 11.8 Å². The van der Waals surface area contributed by atoms with Gasteiger partial charge in [-0.05, 0) is 13.3 Å². The Bertz CT molecular complexity index is 589. The number of amides is 2. The number of aromatic nitrogens is 1. The third kappa shape index (κ3) is 3.65. The van der Waals surface area contributed by atoms with E-state index in [-0.39, 0.29) is 23.8 Å². The number of rotatable bonds is 5. The van der Waals surface area contributed by atoms with E-state index in [1.54, 1.807) is 0 Å². The molecule has 0 spiro atoms. The van der Waals surface area contributed by atoms with Crippen LogP contribution in [0.25, 0.3) is 0 Å². The molecule has 0 saturated carbocycles. The normalized spacial score (nSPS) is 18.0. The minimum atomic E-state index is -0.633. The smallest absolute Gasteiger partial charge is 0.276 e. The molecule has 1 fully saturated rings. The summed E-state index contributed by atoms with van der Waals surface area (Å²) in [5.41, 5.74) is -0.129. The molecule has 0 radical (unpaired) electrons. The van der Waals surface area contributed by atoms with Crippen molar-refractivity contribution >= 4 is 29.1 Å². The molecule has 1 atom stereocenters. The van der Waals surface area contributed by atoms with Gasteiger partial charge in [-0.2, -0.15) is 0 Å². The van der Waals surface area contributed by atoms with E-state index in [1.807, 2.05) is 6.92 Å². The van der Waals surface area contributed by atoms with Crippen LogP contribution >= 0.6 is 0 Å². The van der Waals surface area contributed by atoms with Crippen LogP contribution in [0.2, 0.25) is 0 Å². The minimum Gasteiger partial charge on any atom is -0.370 e. The topological polar surface area (TPSA) is 126 Å². The van der Waals surface area contributed by atoms with Crippen molar-refractivity contribution in [2.45, 2.75) is 25.8 Å². The Hall–Kier alpha value is -2.71. The maximum Gasteiger partial charge on any atom is 0.276 e. The standard InChI is InChI=1S/C12H15N5O4/c1-2-13-9-5-7(17(20)21)6-10(15-9)14-8-3-4-11(18)16-12(8)19/h5-6,8H,2-4H2,1H3,(H2,13,14,15)(H,16,18,19). The zero-order valence-electron chi connectivity index (χ0n) is 11.4. The summed E-state index contributed by atoms with van der Waals surface area (Å²) in [4.78, 5) is 37.3. The molecule has 3 N–H and O–H groups in total. The van der Waals surface area contributed by atoms with Gasteiger partial charge in [-0.1, -0.05) is 0 Å². The van der Waals surface area contributed by atoms with Crippen molar-refractivity contribution in [3.8, 4) is 0 Å². The first-order valence-corrected chi connectivity index (χ1v) is 6.50. The van der Waals surface area contributed by atoms with E-state index in [4.69, 9.17) is 0 Å². The first-order chi connectivity index (χ1) is 9.99. The van der Waals surface area contributed by atoms with Gasteiger partial charge in [0.1, 0.15) is 17.7 Å². The Kier molecular flexibility index (Phi) is 4.31. The number of anilines is 2. The molecule has 9 nitrogen and oxygen atoms in total. The molecule has 1 saturated heterocycles. The third-order valence-electron chi connectivity index (χ3n) is 2.94. The van der Waals surface area contributed by atoms with E-state index in [0.717, 1.165) is 0 Å². The molecule has 2 amide bonds. The maximum absolute atomic E-state index is 11.7. The van der Waals surface area contributed by atoms with Crippen LogP contribution in [0.3, 0.4) is 0 Å². The fourth-order valence-electron chi connectivity index (χ4n) is 1.98. The Balaban J connectivity index is 2.20. The van der Waals surface area contributed by atoms with Gasteiger partial charge in [0.15, 0.2) is 0 Å². The quantitative estimate of drug-likeness (QED) is 0.413. The van der Waals surface area contributed by atoms with Crippen LogP contribution in [0.1, 0.15) is 19.8 Å². The molecule has 1 unspecified atom stereocenters. The summed E-state index contributed by atoms with van der Waals surface area (Å²) in [6, 6.07) is 1.94. The summed E-state index contributed by atoms with van der Waals surface area (Å²) in [5.74, 6) is -0.209. The van der Waals surface area contributed by atoms with Gasteiger partial charge in [-0.15, -0.1) is 0 Å². The van der Waals surface area contributed by atoms with Gasteiger partial charge in [0.05, 0.1) is 17.1 Å². The van der Waals surface area contributed by atoms with E-state index in [2.05, 4.69) is 20.9 Å². The van der Waals surface area contributed by atoms with Crippen molar-refractivity contribution in [2.24, 2.45) is 0 Å². The highest BCUT2D eigenvalue weighted by molar-refractivity contribution is 6.01. The summed E-state index contributed by atoms with van der Waals surface area (Å²) in [7, 11) is 0. The second-order valence-corrected chi connectivity index (χ2v) is 4.53. The van der Waals surface area contributed by atoms with Crippen LogP contribution in [0, 0.1) is 10.1 Å². The molecule has 21 heavy (non-hydrogen) atoms. The Morgan fingerprint density at radius 2 is 2.14 bits per heavy atom. The molecule has 2 heterocycles. The van der Waals surface area contributed by atoms with E-state index in [9.17, 15) is 19.7 Å². The maximum atomic E-state index is 11.7. The van der Waals surface area contributed by atoms with Gasteiger partial charge in [0.25, 0.3) is 5.69 Å². The highest BCUT2D eigenvalue weighted by Gasteiger charge is 2.27. The molecule has 1 aromatic heterocycles. The lowest BCUT2D eigenvalue weighted by Gasteiger charge is -2.22. The number of nitrogens with one attached hydrogen (secondary N) is 3. The van der Waals surface area contributed by atoms with E-state index in [1.165, 1.54) is 12.1 Å². The molecule has 0 aliphatic carbocycles. The van der Waals surface area contributed by atoms with Crippen molar-refractivity contribution in [2.75, 3.05) is 17.2 Å². The third-order valence-corrected chi connectivity index (χ3v) is 2.94. The van der Waals surface area contributed by atoms with Gasteiger partial charge in [-0.3, -0.25) is 25.0 Å². The second kappa shape index (κ2) is 6.16. The molecule has 1 aromatic rings. The monoisotopic (exact) mass is 293 g/mol. The average Bonchev–Trinajstić information content (AvgIpc) is 2.42. The molecule has 9 heteroatoms. The van der Waals surface area contributed by atoms with Crippen molar-refractivity contribution in [3.63, 3.8) is 0 Å². The van der Waals surface area contributed by atoms with Crippen molar-refractivity contribution < 1.29 is 14.5 Å². The lowest BCUT2D eigenvalue weighted by molar-refractivity contribution is -0.384. The molecular weight excluding hydrogens is 278 g/mol. The minimum absolute atomic E-state index is 0.129. The Labute approximate surface area is 120 Å². The number of pyridine rings is 1. The predicted molar refractivity (Wildman–Crippen MR) is 74.8 cm³/mol. The number of nitrogens with zero attached hydrogens (tertiary/aromatic N) is 2. The predicted octanol–water partition coefficient (Wildman–Crippen LogP) is 0.639. The van der Waals surface area contributed by atoms with E-state index in [0.29, 0.717) is 18.8 Å². The van der Waals surface area contributed by atoms with E-state index < -0.39 is 16.9 Å². The average molecular weight is 293 g/mol. The first-order valence-electron chi connectivity index (χ1n) is 6.50. The largest absolute Gasteiger partial charge is 0.370 e. The van der Waals surface area contributed by atoms with Gasteiger partial charge in [-0.25, -0.2) is 4.98 Å². The number of carbonyl (C=O) groups excluding carboxylic acids is 2. The fraction of sp³-hybridized carbons (Fsp3) is 0.417. The fourth-order valence-corrected chi connectivity index (χ4v) is 1.98. The zero-order chi connectivity index (χ0) is 15.4. The van der Waals surface area contributed by atoms with Crippen LogP contribution < -0.4 is 16.0 Å². The summed E-state index contributed by atoms with van der Waals surface area (Å²) < 4.78 is 0. The first kappa shape index (κ1) is 14.7. The molecule has 0 aromatic carbocycles. The van der Waals surface area contributed by atoms with Crippen LogP contribution in [0.15, 0.2) is 12.1 Å². The molecule has 2 rings (SSSR count). The molecule has 1 aliphatic heterocycles. The zero-order valence-corrected chi connectivity index (χ0v) is 11.4. The number of nitro groups is 1. The van der Waals surface area contributed by atoms with Crippen LogP contribution in [0.4, 0.5) is 17.3 Å². The molecular formula is C12H15N5O4.